The van der Waals surface area contributed by atoms with E-state index in [9.17, 15) is 9.59 Å². The largest absolute Gasteiger partial charge is 0.457 e. The van der Waals surface area contributed by atoms with Crippen molar-refractivity contribution in [2.24, 2.45) is 11.5 Å². The van der Waals surface area contributed by atoms with Crippen LogP contribution in [0.4, 0.5) is 5.82 Å². The van der Waals surface area contributed by atoms with Gasteiger partial charge in [-0.3, -0.25) is 9.59 Å². The summed E-state index contributed by atoms with van der Waals surface area (Å²) in [6, 6.07) is 16.8. The zero-order valence-corrected chi connectivity index (χ0v) is 17.1. The molecule has 3 aromatic rings. The molecule has 160 valence electrons. The molecule has 1 saturated heterocycles. The lowest BCUT2D eigenvalue weighted by molar-refractivity contribution is -0.119. The third-order valence-corrected chi connectivity index (χ3v) is 5.17. The fourth-order valence-electron chi connectivity index (χ4n) is 3.58. The number of primary amides is 2. The van der Waals surface area contributed by atoms with Gasteiger partial charge < -0.3 is 21.1 Å². The summed E-state index contributed by atoms with van der Waals surface area (Å²) in [5, 5.41) is 8.88. The van der Waals surface area contributed by atoms with Crippen molar-refractivity contribution >= 4 is 17.6 Å². The highest BCUT2D eigenvalue weighted by Gasteiger charge is 2.31. The van der Waals surface area contributed by atoms with E-state index in [0.717, 1.165) is 6.42 Å². The summed E-state index contributed by atoms with van der Waals surface area (Å²) >= 11 is 0. The summed E-state index contributed by atoms with van der Waals surface area (Å²) in [5.41, 5.74) is 12.2. The topological polar surface area (TPSA) is 148 Å². The molecule has 0 spiro atoms. The average molecular weight is 428 g/mol. The molecule has 1 atom stereocenters. The lowest BCUT2D eigenvalue weighted by atomic mass is 10.2. The van der Waals surface area contributed by atoms with Gasteiger partial charge in [-0.15, -0.1) is 0 Å². The van der Waals surface area contributed by atoms with Crippen LogP contribution in [0.15, 0.2) is 54.6 Å². The van der Waals surface area contributed by atoms with Gasteiger partial charge in [0.1, 0.15) is 29.1 Å². The second-order valence-electron chi connectivity index (χ2n) is 7.32. The van der Waals surface area contributed by atoms with Crippen molar-refractivity contribution in [2.45, 2.75) is 18.9 Å². The third kappa shape index (κ3) is 4.34. The van der Waals surface area contributed by atoms with Crippen molar-refractivity contribution in [1.29, 1.82) is 5.26 Å². The number of hydrogen-bond acceptors (Lipinski definition) is 7. The van der Waals surface area contributed by atoms with Gasteiger partial charge in [-0.1, -0.05) is 0 Å². The Bertz CT molecular complexity index is 1200. The van der Waals surface area contributed by atoms with Crippen molar-refractivity contribution in [1.82, 2.24) is 9.97 Å². The van der Waals surface area contributed by atoms with E-state index >= 15 is 0 Å². The van der Waals surface area contributed by atoms with Crippen molar-refractivity contribution in [3.8, 4) is 29.0 Å². The van der Waals surface area contributed by atoms with Gasteiger partial charge in [0.15, 0.2) is 5.82 Å². The molecule has 2 heterocycles. The standard InChI is InChI=1S/C23H20N6O3/c24-13-14-3-7-16(8-4-14)32-17-9-5-15(6-10-17)23-27-18(21(25)30)12-20(28-23)29-11-1-2-19(29)22(26)31/h3-10,12,19H,1-2,11H2,(H2,25,30)(H2,26,31)/t19-/m0/s1. The Kier molecular flexibility index (Phi) is 5.68. The van der Waals surface area contributed by atoms with Crippen molar-refractivity contribution in [2.75, 3.05) is 11.4 Å². The number of benzene rings is 2. The highest BCUT2D eigenvalue weighted by atomic mass is 16.5. The monoisotopic (exact) mass is 428 g/mol. The molecule has 1 aliphatic heterocycles. The Morgan fingerprint density at radius 2 is 1.69 bits per heavy atom. The Morgan fingerprint density at radius 3 is 2.28 bits per heavy atom. The Labute approximate surface area is 184 Å². The summed E-state index contributed by atoms with van der Waals surface area (Å²) < 4.78 is 5.79. The Balaban J connectivity index is 1.62. The molecule has 1 fully saturated rings. The van der Waals surface area contributed by atoms with E-state index < -0.39 is 17.9 Å². The third-order valence-electron chi connectivity index (χ3n) is 5.17. The summed E-state index contributed by atoms with van der Waals surface area (Å²) in [5.74, 6) is 0.785. The molecule has 9 heteroatoms. The molecule has 0 unspecified atom stereocenters. The molecular formula is C23H20N6O3. The first-order valence-electron chi connectivity index (χ1n) is 9.98. The van der Waals surface area contributed by atoms with Crippen molar-refractivity contribution < 1.29 is 14.3 Å². The fourth-order valence-corrected chi connectivity index (χ4v) is 3.58. The molecule has 0 radical (unpaired) electrons. The van der Waals surface area contributed by atoms with Crippen LogP contribution in [0, 0.1) is 11.3 Å². The highest BCUT2D eigenvalue weighted by molar-refractivity contribution is 5.92. The van der Waals surface area contributed by atoms with E-state index in [-0.39, 0.29) is 5.69 Å². The van der Waals surface area contributed by atoms with Crippen LogP contribution in [-0.2, 0) is 4.79 Å². The lowest BCUT2D eigenvalue weighted by Gasteiger charge is -2.23. The van der Waals surface area contributed by atoms with Crippen LogP contribution in [0.2, 0.25) is 0 Å². The molecular weight excluding hydrogens is 408 g/mol. The molecule has 4 rings (SSSR count). The van der Waals surface area contributed by atoms with Crippen LogP contribution >= 0.6 is 0 Å². The summed E-state index contributed by atoms with van der Waals surface area (Å²) in [7, 11) is 0. The predicted molar refractivity (Wildman–Crippen MR) is 117 cm³/mol. The van der Waals surface area contributed by atoms with Gasteiger partial charge in [0.2, 0.25) is 5.91 Å². The van der Waals surface area contributed by atoms with E-state index in [1.807, 2.05) is 0 Å². The number of carbonyl (C=O) groups is 2. The number of carbonyl (C=O) groups excluding carboxylic acids is 2. The van der Waals surface area contributed by atoms with Gasteiger partial charge in [0.05, 0.1) is 11.6 Å². The van der Waals surface area contributed by atoms with E-state index in [1.54, 1.807) is 53.4 Å². The molecule has 2 aromatic carbocycles. The number of nitrogens with two attached hydrogens (primary N) is 2. The first-order valence-corrected chi connectivity index (χ1v) is 9.98. The quantitative estimate of drug-likeness (QED) is 0.612. The second-order valence-corrected chi connectivity index (χ2v) is 7.32. The number of amides is 2. The molecule has 2 amide bonds. The normalized spacial score (nSPS) is 15.2. The SMILES string of the molecule is N#Cc1ccc(Oc2ccc(-c3nc(C(N)=O)cc(N4CCC[C@H]4C(N)=O)n3)cc2)cc1. The van der Waals surface area contributed by atoms with Crippen molar-refractivity contribution in [3.63, 3.8) is 0 Å². The summed E-state index contributed by atoms with van der Waals surface area (Å²) in [6.07, 6.45) is 1.42. The van der Waals surface area contributed by atoms with Gasteiger partial charge in [0, 0.05) is 18.2 Å². The van der Waals surface area contributed by atoms with Crippen molar-refractivity contribution in [3.05, 3.63) is 65.9 Å². The number of aromatic nitrogens is 2. The summed E-state index contributed by atoms with van der Waals surface area (Å²) in [6.45, 7) is 0.597. The first-order chi connectivity index (χ1) is 15.4. The zero-order valence-electron chi connectivity index (χ0n) is 17.1. The van der Waals surface area contributed by atoms with Crippen LogP contribution < -0.4 is 21.1 Å². The molecule has 4 N–H and O–H groups in total. The maximum atomic E-state index is 11.9. The van der Waals surface area contributed by atoms with Crippen LogP contribution in [0.25, 0.3) is 11.4 Å². The van der Waals surface area contributed by atoms with Crippen LogP contribution in [0.3, 0.4) is 0 Å². The number of anilines is 1. The van der Waals surface area contributed by atoms with E-state index in [0.29, 0.717) is 47.2 Å². The number of hydrogen-bond donors (Lipinski definition) is 2. The van der Waals surface area contributed by atoms with Crippen LogP contribution in [0.1, 0.15) is 28.9 Å². The van der Waals surface area contributed by atoms with E-state index in [4.69, 9.17) is 21.5 Å². The maximum Gasteiger partial charge on any atom is 0.267 e. The highest BCUT2D eigenvalue weighted by Crippen LogP contribution is 2.28. The molecule has 9 nitrogen and oxygen atoms in total. The van der Waals surface area contributed by atoms with Gasteiger partial charge >= 0.3 is 0 Å². The molecule has 0 bridgehead atoms. The van der Waals surface area contributed by atoms with E-state index in [2.05, 4.69) is 16.0 Å². The minimum Gasteiger partial charge on any atom is -0.457 e. The second kappa shape index (κ2) is 8.73. The smallest absolute Gasteiger partial charge is 0.267 e. The Morgan fingerprint density at radius 1 is 1.03 bits per heavy atom. The lowest BCUT2D eigenvalue weighted by Crippen LogP contribution is -2.41. The van der Waals surface area contributed by atoms with Crippen LogP contribution in [-0.4, -0.2) is 34.4 Å². The molecule has 1 aromatic heterocycles. The predicted octanol–water partition coefficient (Wildman–Crippen LogP) is 2.36. The molecule has 1 aliphatic rings. The zero-order chi connectivity index (χ0) is 22.7. The minimum atomic E-state index is -0.689. The van der Waals surface area contributed by atoms with Gasteiger partial charge in [-0.25, -0.2) is 9.97 Å². The van der Waals surface area contributed by atoms with Gasteiger partial charge in [-0.2, -0.15) is 5.26 Å². The van der Waals surface area contributed by atoms with Gasteiger partial charge in [0.25, 0.3) is 5.91 Å². The molecule has 0 aliphatic carbocycles. The summed E-state index contributed by atoms with van der Waals surface area (Å²) in [4.78, 5) is 34.3. The number of ether oxygens (including phenoxy) is 1. The molecule has 32 heavy (non-hydrogen) atoms. The average Bonchev–Trinajstić information content (AvgIpc) is 3.30. The Hall–Kier alpha value is -4.45. The number of nitriles is 1. The molecule has 0 saturated carbocycles. The van der Waals surface area contributed by atoms with Gasteiger partial charge in [-0.05, 0) is 61.4 Å². The number of nitrogens with zero attached hydrogens (tertiary/aromatic N) is 4. The number of rotatable bonds is 6. The van der Waals surface area contributed by atoms with Crippen LogP contribution in [0.5, 0.6) is 11.5 Å². The first kappa shape index (κ1) is 20.8. The van der Waals surface area contributed by atoms with E-state index in [1.165, 1.54) is 6.07 Å². The maximum absolute atomic E-state index is 11.9. The fraction of sp³-hybridized carbons (Fsp3) is 0.174. The minimum absolute atomic E-state index is 0.0537.